The minimum Gasteiger partial charge on any atom is -0.352 e. The highest BCUT2D eigenvalue weighted by Gasteiger charge is 2.23. The number of rotatable bonds is 6. The van der Waals surface area contributed by atoms with E-state index in [0.29, 0.717) is 16.9 Å². The zero-order valence-electron chi connectivity index (χ0n) is 16.8. The van der Waals surface area contributed by atoms with Gasteiger partial charge in [0.25, 0.3) is 0 Å². The molecule has 2 atom stereocenters. The van der Waals surface area contributed by atoms with E-state index in [4.69, 9.17) is 0 Å². The Hall–Kier alpha value is -2.74. The zero-order valence-corrected chi connectivity index (χ0v) is 17.6. The van der Waals surface area contributed by atoms with Crippen LogP contribution in [0.3, 0.4) is 0 Å². The molecule has 0 spiro atoms. The van der Waals surface area contributed by atoms with Crippen LogP contribution in [0.4, 0.5) is 4.39 Å². The third-order valence-corrected chi connectivity index (χ3v) is 6.38. The molecular weight excluding hydrogens is 401 g/mol. The van der Waals surface area contributed by atoms with Crippen LogP contribution in [0, 0.1) is 11.7 Å². The van der Waals surface area contributed by atoms with Crippen LogP contribution in [0.1, 0.15) is 32.6 Å². The highest BCUT2D eigenvalue weighted by atomic mass is 32.2. The molecule has 6 nitrogen and oxygen atoms in total. The van der Waals surface area contributed by atoms with E-state index < -0.39 is 0 Å². The molecule has 4 rings (SSSR count). The van der Waals surface area contributed by atoms with Gasteiger partial charge in [-0.3, -0.25) is 14.3 Å². The summed E-state index contributed by atoms with van der Waals surface area (Å²) < 4.78 is 15.3. The third-order valence-electron chi connectivity index (χ3n) is 5.45. The second kappa shape index (κ2) is 9.38. The lowest BCUT2D eigenvalue weighted by Crippen LogP contribution is -2.41. The molecule has 2 aromatic heterocycles. The van der Waals surface area contributed by atoms with Gasteiger partial charge in [-0.15, -0.1) is 10.2 Å². The van der Waals surface area contributed by atoms with Crippen LogP contribution < -0.4 is 5.32 Å². The summed E-state index contributed by atoms with van der Waals surface area (Å²) in [4.78, 5) is 16.6. The van der Waals surface area contributed by atoms with Crippen LogP contribution in [-0.2, 0) is 4.79 Å². The number of aromatic nitrogens is 4. The van der Waals surface area contributed by atoms with Gasteiger partial charge in [0.2, 0.25) is 5.91 Å². The summed E-state index contributed by atoms with van der Waals surface area (Å²) >= 11 is 1.33. The van der Waals surface area contributed by atoms with Gasteiger partial charge in [-0.1, -0.05) is 31.5 Å². The van der Waals surface area contributed by atoms with Crippen LogP contribution in [0.15, 0.2) is 53.9 Å². The Balaban J connectivity index is 1.55. The Morgan fingerprint density at radius 3 is 2.60 bits per heavy atom. The van der Waals surface area contributed by atoms with Crippen molar-refractivity contribution in [3.05, 3.63) is 54.6 Å². The van der Waals surface area contributed by atoms with Gasteiger partial charge in [-0.2, -0.15) is 0 Å². The van der Waals surface area contributed by atoms with Gasteiger partial charge in [-0.05, 0) is 55.2 Å². The van der Waals surface area contributed by atoms with Gasteiger partial charge in [0.05, 0.1) is 5.75 Å². The highest BCUT2D eigenvalue weighted by Crippen LogP contribution is 2.28. The number of amides is 1. The van der Waals surface area contributed by atoms with E-state index in [-0.39, 0.29) is 23.5 Å². The van der Waals surface area contributed by atoms with E-state index in [1.807, 2.05) is 16.7 Å². The molecule has 0 bridgehead atoms. The lowest BCUT2D eigenvalue weighted by molar-refractivity contribution is -0.119. The normalized spacial score (nSPS) is 18.9. The first-order chi connectivity index (χ1) is 14.6. The number of hydrogen-bond donors (Lipinski definition) is 1. The van der Waals surface area contributed by atoms with Crippen LogP contribution in [0.5, 0.6) is 0 Å². The third kappa shape index (κ3) is 4.70. The number of thioether (sulfide) groups is 1. The Labute approximate surface area is 179 Å². The topological polar surface area (TPSA) is 72.7 Å². The molecule has 8 heteroatoms. The molecule has 1 aliphatic rings. The fraction of sp³-hybridized carbons (Fsp3) is 0.364. The first-order valence-corrected chi connectivity index (χ1v) is 11.1. The molecule has 0 saturated heterocycles. The van der Waals surface area contributed by atoms with Crippen molar-refractivity contribution in [1.82, 2.24) is 25.1 Å². The molecule has 0 radical (unpaired) electrons. The number of nitrogens with zero attached hydrogens (tertiary/aromatic N) is 4. The van der Waals surface area contributed by atoms with Crippen molar-refractivity contribution in [3.63, 3.8) is 0 Å². The van der Waals surface area contributed by atoms with Gasteiger partial charge in [-0.25, -0.2) is 4.39 Å². The molecule has 1 N–H and O–H groups in total. The largest absolute Gasteiger partial charge is 0.352 e. The Morgan fingerprint density at radius 1 is 1.13 bits per heavy atom. The predicted octanol–water partition coefficient (Wildman–Crippen LogP) is 4.26. The van der Waals surface area contributed by atoms with Crippen LogP contribution in [0.2, 0.25) is 0 Å². The minimum atomic E-state index is -0.313. The first kappa shape index (κ1) is 20.5. The van der Waals surface area contributed by atoms with Crippen LogP contribution in [-0.4, -0.2) is 37.5 Å². The van der Waals surface area contributed by atoms with E-state index in [2.05, 4.69) is 27.4 Å². The SMILES string of the molecule is C[C@@H]1CCCC[C@H]1NC(=O)CSc1nnc(-c2ccncc2)n1-c1ccc(F)cc1. The van der Waals surface area contributed by atoms with Crippen molar-refractivity contribution in [3.8, 4) is 17.1 Å². The number of nitrogens with one attached hydrogen (secondary N) is 1. The average molecular weight is 426 g/mol. The standard InChI is InChI=1S/C22H24FN5OS/c1-15-4-2-3-5-19(15)25-20(29)14-30-22-27-26-21(16-10-12-24-13-11-16)28(22)18-8-6-17(23)7-9-18/h6-13,15,19H,2-5,14H2,1H3,(H,25,29)/t15-,19-/m1/s1. The molecule has 1 aliphatic carbocycles. The van der Waals surface area contributed by atoms with E-state index in [1.54, 1.807) is 24.5 Å². The number of carbonyl (C=O) groups is 1. The fourth-order valence-electron chi connectivity index (χ4n) is 3.78. The molecule has 156 valence electrons. The molecule has 0 unspecified atom stereocenters. The molecule has 0 aliphatic heterocycles. The van der Waals surface area contributed by atoms with Crippen molar-refractivity contribution < 1.29 is 9.18 Å². The number of hydrogen-bond acceptors (Lipinski definition) is 5. The summed E-state index contributed by atoms with van der Waals surface area (Å²) in [5.74, 6) is 1.06. The maximum atomic E-state index is 13.5. The van der Waals surface area contributed by atoms with E-state index in [1.165, 1.54) is 30.3 Å². The monoisotopic (exact) mass is 425 g/mol. The molecule has 1 saturated carbocycles. The first-order valence-electron chi connectivity index (χ1n) is 10.2. The zero-order chi connectivity index (χ0) is 20.9. The molecule has 1 aromatic carbocycles. The van der Waals surface area contributed by atoms with Gasteiger partial charge < -0.3 is 5.32 Å². The van der Waals surface area contributed by atoms with Crippen LogP contribution in [0.25, 0.3) is 17.1 Å². The molecule has 30 heavy (non-hydrogen) atoms. The quantitative estimate of drug-likeness (QED) is 0.598. The van der Waals surface area contributed by atoms with Gasteiger partial charge in [0, 0.05) is 29.7 Å². The Bertz CT molecular complexity index is 993. The van der Waals surface area contributed by atoms with E-state index >= 15 is 0 Å². The summed E-state index contributed by atoms with van der Waals surface area (Å²) in [5.41, 5.74) is 1.58. The average Bonchev–Trinajstić information content (AvgIpc) is 3.19. The lowest BCUT2D eigenvalue weighted by atomic mass is 9.86. The van der Waals surface area contributed by atoms with Gasteiger partial charge in [0.15, 0.2) is 11.0 Å². The second-order valence-corrected chi connectivity index (χ2v) is 8.52. The van der Waals surface area contributed by atoms with E-state index in [0.717, 1.165) is 30.5 Å². The summed E-state index contributed by atoms with van der Waals surface area (Å²) in [7, 11) is 0. The molecule has 2 heterocycles. The van der Waals surface area contributed by atoms with Crippen molar-refractivity contribution in [1.29, 1.82) is 0 Å². The summed E-state index contributed by atoms with van der Waals surface area (Å²) in [6.45, 7) is 2.20. The smallest absolute Gasteiger partial charge is 0.230 e. The maximum absolute atomic E-state index is 13.5. The van der Waals surface area contributed by atoms with E-state index in [9.17, 15) is 9.18 Å². The van der Waals surface area contributed by atoms with Crippen LogP contribution >= 0.6 is 11.8 Å². The minimum absolute atomic E-state index is 0.00197. The lowest BCUT2D eigenvalue weighted by Gasteiger charge is -2.29. The number of pyridine rings is 1. The summed E-state index contributed by atoms with van der Waals surface area (Å²) in [6, 6.07) is 10.1. The summed E-state index contributed by atoms with van der Waals surface area (Å²) in [6.07, 6.45) is 7.97. The molecule has 1 amide bonds. The van der Waals surface area contributed by atoms with Crippen molar-refractivity contribution in [2.24, 2.45) is 5.92 Å². The fourth-order valence-corrected chi connectivity index (χ4v) is 4.55. The Kier molecular flexibility index (Phi) is 6.42. The number of halogens is 1. The van der Waals surface area contributed by atoms with Gasteiger partial charge >= 0.3 is 0 Å². The molecule has 3 aromatic rings. The number of carbonyl (C=O) groups excluding carboxylic acids is 1. The second-order valence-electron chi connectivity index (χ2n) is 7.58. The highest BCUT2D eigenvalue weighted by molar-refractivity contribution is 7.99. The maximum Gasteiger partial charge on any atom is 0.230 e. The van der Waals surface area contributed by atoms with Crippen molar-refractivity contribution >= 4 is 17.7 Å². The Morgan fingerprint density at radius 2 is 1.87 bits per heavy atom. The molecule has 1 fully saturated rings. The van der Waals surface area contributed by atoms with Crippen molar-refractivity contribution in [2.45, 2.75) is 43.8 Å². The number of benzene rings is 1. The summed E-state index contributed by atoms with van der Waals surface area (Å²) in [5, 5.41) is 12.4. The van der Waals surface area contributed by atoms with Gasteiger partial charge in [0.1, 0.15) is 5.82 Å². The predicted molar refractivity (Wildman–Crippen MR) is 115 cm³/mol. The molecular formula is C22H24FN5OS. The van der Waals surface area contributed by atoms with Crippen molar-refractivity contribution in [2.75, 3.05) is 5.75 Å².